The van der Waals surface area contributed by atoms with Gasteiger partial charge in [-0.1, -0.05) is 41.4 Å². The van der Waals surface area contributed by atoms with Crippen LogP contribution in [-0.2, 0) is 16.6 Å². The molecule has 1 amide bonds. The fraction of sp³-hybridized carbons (Fsp3) is 0.107. The van der Waals surface area contributed by atoms with Gasteiger partial charge in [-0.15, -0.1) is 0 Å². The Kier molecular flexibility index (Phi) is 9.04. The summed E-state index contributed by atoms with van der Waals surface area (Å²) in [7, 11) is -4.09. The van der Waals surface area contributed by atoms with Crippen LogP contribution in [0.15, 0.2) is 96.2 Å². The standard InChI is InChI=1S/C28H22Cl2N4O4S/c29-21-8-13-26(24(17-21)28(35)34(16-4-14-31)19-20-5-3-15-32-18-20)33-39(36,37)23-11-9-22(10-12-23)38-27-7-2-1-6-25(27)30/h1-3,5-13,15,17-18,33H,4,16,19H2. The summed E-state index contributed by atoms with van der Waals surface area (Å²) in [6, 6.07) is 22.6. The summed E-state index contributed by atoms with van der Waals surface area (Å²) in [5, 5.41) is 9.77. The van der Waals surface area contributed by atoms with Gasteiger partial charge in [0.25, 0.3) is 15.9 Å². The first kappa shape index (κ1) is 27.9. The van der Waals surface area contributed by atoms with Gasteiger partial charge in [-0.2, -0.15) is 5.26 Å². The molecule has 1 N–H and O–H groups in total. The minimum absolute atomic E-state index is 0.0425. The predicted molar refractivity (Wildman–Crippen MR) is 149 cm³/mol. The molecule has 0 saturated carbocycles. The molecule has 0 atom stereocenters. The van der Waals surface area contributed by atoms with Crippen molar-refractivity contribution in [2.45, 2.75) is 17.9 Å². The first-order valence-corrected chi connectivity index (χ1v) is 13.9. The third-order valence-corrected chi connectivity index (χ3v) is 7.46. The smallest absolute Gasteiger partial charge is 0.261 e. The molecule has 8 nitrogen and oxygen atoms in total. The molecule has 3 aromatic carbocycles. The first-order chi connectivity index (χ1) is 18.8. The van der Waals surface area contributed by atoms with E-state index in [4.69, 9.17) is 33.2 Å². The van der Waals surface area contributed by atoms with Gasteiger partial charge in [-0.25, -0.2) is 8.42 Å². The van der Waals surface area contributed by atoms with E-state index in [1.807, 2.05) is 6.07 Å². The molecule has 1 heterocycles. The van der Waals surface area contributed by atoms with Crippen LogP contribution < -0.4 is 9.46 Å². The zero-order valence-corrected chi connectivity index (χ0v) is 22.7. The van der Waals surface area contributed by atoms with E-state index < -0.39 is 15.9 Å². The quantitative estimate of drug-likeness (QED) is 0.228. The van der Waals surface area contributed by atoms with E-state index in [1.165, 1.54) is 47.4 Å². The van der Waals surface area contributed by atoms with E-state index in [2.05, 4.69) is 9.71 Å². The minimum Gasteiger partial charge on any atom is -0.456 e. The van der Waals surface area contributed by atoms with Crippen molar-refractivity contribution in [3.63, 3.8) is 0 Å². The number of amides is 1. The minimum atomic E-state index is -4.09. The van der Waals surface area contributed by atoms with E-state index in [-0.39, 0.29) is 40.7 Å². The molecule has 1 aromatic heterocycles. The molecule has 0 unspecified atom stereocenters. The zero-order valence-electron chi connectivity index (χ0n) is 20.4. The second kappa shape index (κ2) is 12.6. The number of pyridine rings is 1. The lowest BCUT2D eigenvalue weighted by Crippen LogP contribution is -2.32. The van der Waals surface area contributed by atoms with Gasteiger partial charge in [-0.3, -0.25) is 14.5 Å². The number of carbonyl (C=O) groups is 1. The number of halogens is 2. The number of carbonyl (C=O) groups excluding carboxylic acids is 1. The normalized spacial score (nSPS) is 10.9. The Labute approximate surface area is 236 Å². The summed E-state index contributed by atoms with van der Waals surface area (Å²) in [6.07, 6.45) is 3.33. The van der Waals surface area contributed by atoms with Crippen LogP contribution >= 0.6 is 23.2 Å². The molecule has 0 saturated heterocycles. The van der Waals surface area contributed by atoms with E-state index >= 15 is 0 Å². The number of hydrogen-bond acceptors (Lipinski definition) is 6. The molecule has 4 aromatic rings. The Balaban J connectivity index is 1.58. The molecule has 0 aliphatic rings. The Hall–Kier alpha value is -4.10. The molecule has 11 heteroatoms. The summed E-state index contributed by atoms with van der Waals surface area (Å²) < 4.78 is 34.7. The summed E-state index contributed by atoms with van der Waals surface area (Å²) in [6.45, 7) is 0.315. The van der Waals surface area contributed by atoms with Gasteiger partial charge in [0.15, 0.2) is 0 Å². The maximum atomic E-state index is 13.6. The lowest BCUT2D eigenvalue weighted by atomic mass is 10.1. The highest BCUT2D eigenvalue weighted by atomic mass is 35.5. The van der Waals surface area contributed by atoms with Crippen molar-refractivity contribution in [3.05, 3.63) is 112 Å². The number of anilines is 1. The van der Waals surface area contributed by atoms with Crippen LogP contribution in [0.1, 0.15) is 22.3 Å². The van der Waals surface area contributed by atoms with Crippen molar-refractivity contribution >= 4 is 44.8 Å². The number of sulfonamides is 1. The molecule has 0 spiro atoms. The number of nitrogens with one attached hydrogen (secondary N) is 1. The number of nitrogens with zero attached hydrogens (tertiary/aromatic N) is 3. The van der Waals surface area contributed by atoms with Gasteiger partial charge in [-0.05, 0) is 66.2 Å². The highest BCUT2D eigenvalue weighted by Gasteiger charge is 2.23. The Morgan fingerprint density at radius 1 is 1.03 bits per heavy atom. The molecule has 198 valence electrons. The second-order valence-corrected chi connectivity index (χ2v) is 10.8. The summed E-state index contributed by atoms with van der Waals surface area (Å²) in [4.78, 5) is 19.0. The van der Waals surface area contributed by atoms with Crippen molar-refractivity contribution in [1.82, 2.24) is 9.88 Å². The summed E-state index contributed by atoms with van der Waals surface area (Å²) in [5.74, 6) is 0.343. The molecule has 0 bridgehead atoms. The molecular weight excluding hydrogens is 559 g/mol. The molecule has 4 rings (SSSR count). The number of hydrogen-bond donors (Lipinski definition) is 1. The monoisotopic (exact) mass is 580 g/mol. The number of benzene rings is 3. The Morgan fingerprint density at radius 3 is 2.49 bits per heavy atom. The van der Waals surface area contributed by atoms with Crippen molar-refractivity contribution in [3.8, 4) is 17.6 Å². The van der Waals surface area contributed by atoms with Crippen LogP contribution in [0.25, 0.3) is 0 Å². The van der Waals surface area contributed by atoms with Crippen LogP contribution in [0.2, 0.25) is 10.0 Å². The molecular formula is C28H22Cl2N4O4S. The van der Waals surface area contributed by atoms with Gasteiger partial charge in [0.1, 0.15) is 11.5 Å². The van der Waals surface area contributed by atoms with Crippen LogP contribution in [0, 0.1) is 11.3 Å². The summed E-state index contributed by atoms with van der Waals surface area (Å²) in [5.41, 5.74) is 0.854. The number of ether oxygens (including phenoxy) is 1. The van der Waals surface area contributed by atoms with E-state index in [0.29, 0.717) is 16.5 Å². The van der Waals surface area contributed by atoms with Crippen molar-refractivity contribution in [1.29, 1.82) is 5.26 Å². The van der Waals surface area contributed by atoms with Crippen LogP contribution in [0.5, 0.6) is 11.5 Å². The molecule has 0 fully saturated rings. The number of para-hydroxylation sites is 1. The van der Waals surface area contributed by atoms with E-state index in [1.54, 1.807) is 48.8 Å². The van der Waals surface area contributed by atoms with Crippen molar-refractivity contribution < 1.29 is 17.9 Å². The summed E-state index contributed by atoms with van der Waals surface area (Å²) >= 11 is 12.3. The topological polar surface area (TPSA) is 112 Å². The van der Waals surface area contributed by atoms with Gasteiger partial charge < -0.3 is 9.64 Å². The van der Waals surface area contributed by atoms with E-state index in [9.17, 15) is 13.2 Å². The van der Waals surface area contributed by atoms with Gasteiger partial charge in [0, 0.05) is 30.5 Å². The third-order valence-electron chi connectivity index (χ3n) is 5.53. The van der Waals surface area contributed by atoms with Crippen molar-refractivity contribution in [2.24, 2.45) is 0 Å². The van der Waals surface area contributed by atoms with Crippen molar-refractivity contribution in [2.75, 3.05) is 11.3 Å². The number of rotatable bonds is 10. The molecule has 0 radical (unpaired) electrons. The Morgan fingerprint density at radius 2 is 1.79 bits per heavy atom. The largest absolute Gasteiger partial charge is 0.456 e. The SMILES string of the molecule is N#CCCN(Cc1cccnc1)C(=O)c1cc(Cl)ccc1NS(=O)(=O)c1ccc(Oc2ccccc2Cl)cc1. The molecule has 0 aliphatic heterocycles. The molecule has 0 aliphatic carbocycles. The first-order valence-electron chi connectivity index (χ1n) is 11.7. The maximum Gasteiger partial charge on any atom is 0.261 e. The zero-order chi connectivity index (χ0) is 27.8. The van der Waals surface area contributed by atoms with Gasteiger partial charge in [0.2, 0.25) is 0 Å². The number of aromatic nitrogens is 1. The van der Waals surface area contributed by atoms with Crippen LogP contribution in [0.4, 0.5) is 5.69 Å². The average Bonchev–Trinajstić information content (AvgIpc) is 2.93. The fourth-order valence-corrected chi connectivity index (χ4v) is 5.07. The highest BCUT2D eigenvalue weighted by molar-refractivity contribution is 7.92. The fourth-order valence-electron chi connectivity index (χ4n) is 3.65. The lowest BCUT2D eigenvalue weighted by Gasteiger charge is -2.23. The maximum absolute atomic E-state index is 13.6. The van der Waals surface area contributed by atoms with Crippen LogP contribution in [0.3, 0.4) is 0 Å². The average molecular weight is 581 g/mol. The van der Waals surface area contributed by atoms with E-state index in [0.717, 1.165) is 5.56 Å². The third kappa shape index (κ3) is 7.27. The number of nitriles is 1. The molecule has 39 heavy (non-hydrogen) atoms. The lowest BCUT2D eigenvalue weighted by molar-refractivity contribution is 0.0748. The Bertz CT molecular complexity index is 1610. The highest BCUT2D eigenvalue weighted by Crippen LogP contribution is 2.30. The van der Waals surface area contributed by atoms with Gasteiger partial charge in [0.05, 0.1) is 33.7 Å². The predicted octanol–water partition coefficient (Wildman–Crippen LogP) is 6.54. The van der Waals surface area contributed by atoms with Crippen LogP contribution in [-0.4, -0.2) is 30.8 Å². The second-order valence-electron chi connectivity index (χ2n) is 8.30. The van der Waals surface area contributed by atoms with Gasteiger partial charge >= 0.3 is 0 Å².